The average Bonchev–Trinajstić information content (AvgIpc) is 2.26. The molecule has 0 aromatic heterocycles. The number of carboxylic acid groups (broad SMARTS) is 1. The molecule has 0 saturated heterocycles. The van der Waals surface area contributed by atoms with E-state index in [9.17, 15) is 18.0 Å². The molecule has 0 saturated carbocycles. The highest BCUT2D eigenvalue weighted by Gasteiger charge is 2.20. The highest BCUT2D eigenvalue weighted by atomic mass is 32.2. The van der Waals surface area contributed by atoms with Crippen molar-refractivity contribution >= 4 is 21.7 Å². The number of primary amides is 1. The molecule has 1 aromatic carbocycles. The summed E-state index contributed by atoms with van der Waals surface area (Å²) < 4.78 is 23.4. The van der Waals surface area contributed by atoms with E-state index < -0.39 is 27.5 Å². The minimum atomic E-state index is -3.88. The quantitative estimate of drug-likeness (QED) is 0.794. The first-order valence-electron chi connectivity index (χ1n) is 5.15. The van der Waals surface area contributed by atoms with Gasteiger partial charge in [0.1, 0.15) is 5.75 Å². The van der Waals surface area contributed by atoms with Crippen molar-refractivity contribution in [2.45, 2.75) is 18.2 Å². The minimum Gasteiger partial charge on any atom is -0.478 e. The molecule has 1 amide bonds. The van der Waals surface area contributed by atoms with Gasteiger partial charge in [0, 0.05) is 0 Å². The largest absolute Gasteiger partial charge is 0.478 e. The summed E-state index contributed by atoms with van der Waals surface area (Å²) in [5.74, 6) is -3.02. The summed E-state index contributed by atoms with van der Waals surface area (Å²) >= 11 is 0. The SMILES string of the molecule is CCc1ccc(S(=O)(=O)CC(N)=O)cc1C(=O)O. The van der Waals surface area contributed by atoms with Crippen molar-refractivity contribution in [3.8, 4) is 0 Å². The first kappa shape index (κ1) is 14.2. The number of carbonyl (C=O) groups excluding carboxylic acids is 1. The van der Waals surface area contributed by atoms with Crippen molar-refractivity contribution in [3.05, 3.63) is 29.3 Å². The average molecular weight is 271 g/mol. The molecule has 1 aromatic rings. The lowest BCUT2D eigenvalue weighted by atomic mass is 10.1. The van der Waals surface area contributed by atoms with Crippen LogP contribution in [0.3, 0.4) is 0 Å². The second-order valence-corrected chi connectivity index (χ2v) is 5.69. The van der Waals surface area contributed by atoms with Gasteiger partial charge in [0.25, 0.3) is 0 Å². The summed E-state index contributed by atoms with van der Waals surface area (Å²) in [6.07, 6.45) is 0.470. The molecule has 0 bridgehead atoms. The van der Waals surface area contributed by atoms with E-state index in [-0.39, 0.29) is 10.5 Å². The summed E-state index contributed by atoms with van der Waals surface area (Å²) in [6.45, 7) is 1.76. The van der Waals surface area contributed by atoms with Crippen LogP contribution in [-0.4, -0.2) is 31.2 Å². The van der Waals surface area contributed by atoms with Crippen LogP contribution in [-0.2, 0) is 21.1 Å². The third-order valence-electron chi connectivity index (χ3n) is 2.38. The number of aromatic carboxylic acids is 1. The van der Waals surface area contributed by atoms with Gasteiger partial charge in [0.2, 0.25) is 5.91 Å². The Bertz CT molecular complexity index is 591. The van der Waals surface area contributed by atoms with Gasteiger partial charge in [-0.15, -0.1) is 0 Å². The van der Waals surface area contributed by atoms with Gasteiger partial charge in [0.15, 0.2) is 9.84 Å². The molecule has 3 N–H and O–H groups in total. The number of sulfone groups is 1. The van der Waals surface area contributed by atoms with E-state index in [2.05, 4.69) is 0 Å². The van der Waals surface area contributed by atoms with Crippen LogP contribution in [0.2, 0.25) is 0 Å². The summed E-state index contributed by atoms with van der Waals surface area (Å²) in [6, 6.07) is 3.76. The van der Waals surface area contributed by atoms with Crippen LogP contribution in [0.4, 0.5) is 0 Å². The lowest BCUT2D eigenvalue weighted by Crippen LogP contribution is -2.23. The Morgan fingerprint density at radius 1 is 1.33 bits per heavy atom. The molecule has 0 radical (unpaired) electrons. The van der Waals surface area contributed by atoms with Gasteiger partial charge in [-0.2, -0.15) is 0 Å². The Kier molecular flexibility index (Phi) is 4.07. The Hall–Kier alpha value is -1.89. The Morgan fingerprint density at radius 2 is 1.94 bits per heavy atom. The van der Waals surface area contributed by atoms with Crippen molar-refractivity contribution in [2.75, 3.05) is 5.75 Å². The first-order valence-corrected chi connectivity index (χ1v) is 6.80. The van der Waals surface area contributed by atoms with Gasteiger partial charge in [-0.3, -0.25) is 4.79 Å². The zero-order valence-electron chi connectivity index (χ0n) is 9.71. The molecule has 0 atom stereocenters. The van der Waals surface area contributed by atoms with Gasteiger partial charge in [-0.25, -0.2) is 13.2 Å². The third kappa shape index (κ3) is 3.07. The molecule has 0 aliphatic carbocycles. The maximum Gasteiger partial charge on any atom is 0.336 e. The fourth-order valence-electron chi connectivity index (χ4n) is 1.53. The second-order valence-electron chi connectivity index (χ2n) is 3.70. The highest BCUT2D eigenvalue weighted by molar-refractivity contribution is 7.92. The van der Waals surface area contributed by atoms with Gasteiger partial charge < -0.3 is 10.8 Å². The van der Waals surface area contributed by atoms with E-state index in [0.717, 1.165) is 6.07 Å². The minimum absolute atomic E-state index is 0.0805. The molecule has 0 fully saturated rings. The first-order chi connectivity index (χ1) is 8.27. The highest BCUT2D eigenvalue weighted by Crippen LogP contribution is 2.18. The second kappa shape index (κ2) is 5.18. The fraction of sp³-hybridized carbons (Fsp3) is 0.273. The molecule has 0 heterocycles. The van der Waals surface area contributed by atoms with Crippen LogP contribution < -0.4 is 5.73 Å². The molecule has 0 aliphatic rings. The van der Waals surface area contributed by atoms with Crippen LogP contribution >= 0.6 is 0 Å². The Labute approximate surface area is 104 Å². The molecule has 0 aliphatic heterocycles. The van der Waals surface area contributed by atoms with Crippen LogP contribution in [0.1, 0.15) is 22.8 Å². The molecule has 98 valence electrons. The fourth-order valence-corrected chi connectivity index (χ4v) is 2.64. The van der Waals surface area contributed by atoms with Crippen molar-refractivity contribution < 1.29 is 23.1 Å². The van der Waals surface area contributed by atoms with Crippen LogP contribution in [0.15, 0.2) is 23.1 Å². The lowest BCUT2D eigenvalue weighted by molar-refractivity contribution is -0.115. The molecule has 1 rings (SSSR count). The van der Waals surface area contributed by atoms with E-state index in [0.29, 0.717) is 12.0 Å². The predicted molar refractivity (Wildman–Crippen MR) is 64.0 cm³/mol. The number of rotatable bonds is 5. The van der Waals surface area contributed by atoms with Crippen LogP contribution in [0.5, 0.6) is 0 Å². The van der Waals surface area contributed by atoms with Crippen molar-refractivity contribution in [1.29, 1.82) is 0 Å². The normalized spacial score (nSPS) is 11.2. The molecule has 0 spiro atoms. The molecule has 7 heteroatoms. The van der Waals surface area contributed by atoms with Crippen molar-refractivity contribution in [1.82, 2.24) is 0 Å². The van der Waals surface area contributed by atoms with Crippen LogP contribution in [0.25, 0.3) is 0 Å². The summed E-state index contributed by atoms with van der Waals surface area (Å²) in [5.41, 5.74) is 5.28. The smallest absolute Gasteiger partial charge is 0.336 e. The molecular formula is C11H13NO5S. The summed E-state index contributed by atoms with van der Waals surface area (Å²) in [7, 11) is -3.88. The Balaban J connectivity index is 3.32. The predicted octanol–water partition coefficient (Wildman–Crippen LogP) is 0.206. The number of nitrogens with two attached hydrogens (primary N) is 1. The Morgan fingerprint density at radius 3 is 2.39 bits per heavy atom. The van der Waals surface area contributed by atoms with Crippen LogP contribution in [0, 0.1) is 0 Å². The van der Waals surface area contributed by atoms with Crippen molar-refractivity contribution in [3.63, 3.8) is 0 Å². The maximum atomic E-state index is 11.7. The number of carbonyl (C=O) groups is 2. The van der Waals surface area contributed by atoms with E-state index >= 15 is 0 Å². The zero-order valence-corrected chi connectivity index (χ0v) is 10.5. The maximum absolute atomic E-state index is 11.7. The number of hydrogen-bond donors (Lipinski definition) is 2. The number of amides is 1. The summed E-state index contributed by atoms with van der Waals surface area (Å²) in [4.78, 5) is 21.4. The number of benzene rings is 1. The van der Waals surface area contributed by atoms with Gasteiger partial charge >= 0.3 is 5.97 Å². The number of hydrogen-bond acceptors (Lipinski definition) is 4. The van der Waals surface area contributed by atoms with Crippen molar-refractivity contribution in [2.24, 2.45) is 5.73 Å². The monoisotopic (exact) mass is 271 g/mol. The number of carboxylic acids is 1. The molecule has 0 unspecified atom stereocenters. The molecular weight excluding hydrogens is 258 g/mol. The summed E-state index contributed by atoms with van der Waals surface area (Å²) in [5, 5.41) is 8.98. The third-order valence-corrected chi connectivity index (χ3v) is 4.02. The van der Waals surface area contributed by atoms with E-state index in [4.69, 9.17) is 10.8 Å². The van der Waals surface area contributed by atoms with E-state index in [1.165, 1.54) is 12.1 Å². The number of aryl methyl sites for hydroxylation is 1. The zero-order chi connectivity index (χ0) is 13.9. The lowest BCUT2D eigenvalue weighted by Gasteiger charge is -2.07. The molecule has 18 heavy (non-hydrogen) atoms. The van der Waals surface area contributed by atoms with Gasteiger partial charge in [-0.1, -0.05) is 13.0 Å². The standard InChI is InChI=1S/C11H13NO5S/c1-2-7-3-4-8(5-9(7)11(14)15)18(16,17)6-10(12)13/h3-5H,2,6H2,1H3,(H2,12,13)(H,14,15). The topological polar surface area (TPSA) is 115 Å². The van der Waals surface area contributed by atoms with Gasteiger partial charge in [0.05, 0.1) is 10.5 Å². The molecule has 6 nitrogen and oxygen atoms in total. The van der Waals surface area contributed by atoms with Gasteiger partial charge in [-0.05, 0) is 24.1 Å². The van der Waals surface area contributed by atoms with E-state index in [1.807, 2.05) is 0 Å². The van der Waals surface area contributed by atoms with E-state index in [1.54, 1.807) is 6.92 Å².